The van der Waals surface area contributed by atoms with Crippen molar-refractivity contribution in [2.45, 2.75) is 25.9 Å². The van der Waals surface area contributed by atoms with Gasteiger partial charge in [-0.25, -0.2) is 0 Å². The summed E-state index contributed by atoms with van der Waals surface area (Å²) in [5.41, 5.74) is 1.65. The molecule has 4 heteroatoms. The lowest BCUT2D eigenvalue weighted by molar-refractivity contribution is 0.213. The van der Waals surface area contributed by atoms with E-state index in [-0.39, 0.29) is 18.6 Å². The van der Waals surface area contributed by atoms with Crippen molar-refractivity contribution >= 4 is 45.2 Å². The standard InChI is InChI=1S/C11H14I2O2/c1-11(2,6-15)9-3-7(12)4-10(13)8(9)5-14/h3-4,14-15H,5-6H2,1-2H3. The third-order valence-electron chi connectivity index (χ3n) is 2.44. The first-order chi connectivity index (χ1) is 6.92. The monoisotopic (exact) mass is 432 g/mol. The molecule has 1 aromatic rings. The molecule has 0 unspecified atom stereocenters. The largest absolute Gasteiger partial charge is 0.395 e. The van der Waals surface area contributed by atoms with Gasteiger partial charge in [-0.3, -0.25) is 0 Å². The molecular formula is C11H14I2O2. The Kier molecular flexibility index (Phi) is 4.82. The summed E-state index contributed by atoms with van der Waals surface area (Å²) in [6.07, 6.45) is 0. The van der Waals surface area contributed by atoms with Crippen LogP contribution >= 0.6 is 45.2 Å². The number of benzene rings is 1. The average Bonchev–Trinajstić information content (AvgIpc) is 2.16. The Morgan fingerprint density at radius 3 is 2.27 bits per heavy atom. The summed E-state index contributed by atoms with van der Waals surface area (Å²) in [5.74, 6) is 0. The van der Waals surface area contributed by atoms with Crippen molar-refractivity contribution in [3.63, 3.8) is 0 Å². The summed E-state index contributed by atoms with van der Waals surface area (Å²) >= 11 is 4.47. The minimum absolute atomic E-state index is 0.0218. The van der Waals surface area contributed by atoms with E-state index in [2.05, 4.69) is 45.2 Å². The van der Waals surface area contributed by atoms with Crippen molar-refractivity contribution in [3.8, 4) is 0 Å². The van der Waals surface area contributed by atoms with E-state index in [1.807, 2.05) is 26.0 Å². The number of hydrogen-bond acceptors (Lipinski definition) is 2. The van der Waals surface area contributed by atoms with Gasteiger partial charge in [-0.1, -0.05) is 13.8 Å². The SMILES string of the molecule is CC(C)(CO)c1cc(I)cc(I)c1CO. The van der Waals surface area contributed by atoms with Gasteiger partial charge < -0.3 is 10.2 Å². The summed E-state index contributed by atoms with van der Waals surface area (Å²) in [7, 11) is 0. The van der Waals surface area contributed by atoms with Gasteiger partial charge in [0.1, 0.15) is 0 Å². The molecule has 2 nitrogen and oxygen atoms in total. The Morgan fingerprint density at radius 2 is 1.80 bits per heavy atom. The average molecular weight is 432 g/mol. The fourth-order valence-electron chi connectivity index (χ4n) is 1.45. The fourth-order valence-corrected chi connectivity index (χ4v) is 3.47. The van der Waals surface area contributed by atoms with Crippen molar-refractivity contribution in [1.82, 2.24) is 0 Å². The molecule has 0 aliphatic rings. The third kappa shape index (κ3) is 3.04. The van der Waals surface area contributed by atoms with Crippen LogP contribution in [0.25, 0.3) is 0 Å². The van der Waals surface area contributed by atoms with Gasteiger partial charge in [0.2, 0.25) is 0 Å². The molecule has 0 atom stereocenters. The molecule has 0 spiro atoms. The Bertz CT molecular complexity index is 362. The van der Waals surface area contributed by atoms with Gasteiger partial charge in [-0.05, 0) is 68.4 Å². The van der Waals surface area contributed by atoms with Crippen LogP contribution in [-0.4, -0.2) is 16.8 Å². The number of aliphatic hydroxyl groups is 2. The van der Waals surface area contributed by atoms with Crippen LogP contribution in [0.5, 0.6) is 0 Å². The normalized spacial score (nSPS) is 11.9. The number of aliphatic hydroxyl groups excluding tert-OH is 2. The van der Waals surface area contributed by atoms with Crippen LogP contribution in [0.3, 0.4) is 0 Å². The zero-order valence-electron chi connectivity index (χ0n) is 8.72. The quantitative estimate of drug-likeness (QED) is 0.722. The highest BCUT2D eigenvalue weighted by atomic mass is 127. The molecule has 0 saturated heterocycles. The number of rotatable bonds is 3. The van der Waals surface area contributed by atoms with Crippen LogP contribution in [0.15, 0.2) is 12.1 Å². The van der Waals surface area contributed by atoms with Gasteiger partial charge in [0.15, 0.2) is 0 Å². The lowest BCUT2D eigenvalue weighted by atomic mass is 9.83. The van der Waals surface area contributed by atoms with Crippen LogP contribution in [-0.2, 0) is 12.0 Å². The molecule has 0 aliphatic heterocycles. The van der Waals surface area contributed by atoms with Gasteiger partial charge >= 0.3 is 0 Å². The highest BCUT2D eigenvalue weighted by Gasteiger charge is 2.24. The Hall–Kier alpha value is 0.600. The van der Waals surface area contributed by atoms with Gasteiger partial charge in [0, 0.05) is 12.6 Å². The summed E-state index contributed by atoms with van der Waals surface area (Å²) < 4.78 is 2.18. The molecule has 1 rings (SSSR count). The summed E-state index contributed by atoms with van der Waals surface area (Å²) in [4.78, 5) is 0. The summed E-state index contributed by atoms with van der Waals surface area (Å²) in [6, 6.07) is 4.06. The summed E-state index contributed by atoms with van der Waals surface area (Å²) in [5, 5.41) is 18.7. The summed E-state index contributed by atoms with van der Waals surface area (Å²) in [6.45, 7) is 4.06. The van der Waals surface area contributed by atoms with Crippen LogP contribution in [0.4, 0.5) is 0 Å². The van der Waals surface area contributed by atoms with E-state index in [9.17, 15) is 10.2 Å². The molecule has 0 aromatic heterocycles. The minimum Gasteiger partial charge on any atom is -0.395 e. The highest BCUT2D eigenvalue weighted by Crippen LogP contribution is 2.30. The van der Waals surface area contributed by atoms with Crippen molar-refractivity contribution in [1.29, 1.82) is 0 Å². The molecular weight excluding hydrogens is 418 g/mol. The fraction of sp³-hybridized carbons (Fsp3) is 0.455. The van der Waals surface area contributed by atoms with Crippen LogP contribution in [0.1, 0.15) is 25.0 Å². The molecule has 0 radical (unpaired) electrons. The van der Waals surface area contributed by atoms with Crippen molar-refractivity contribution < 1.29 is 10.2 Å². The van der Waals surface area contributed by atoms with E-state index in [0.717, 1.165) is 18.3 Å². The van der Waals surface area contributed by atoms with E-state index < -0.39 is 0 Å². The zero-order valence-corrected chi connectivity index (χ0v) is 13.0. The van der Waals surface area contributed by atoms with Crippen LogP contribution < -0.4 is 0 Å². The smallest absolute Gasteiger partial charge is 0.0695 e. The highest BCUT2D eigenvalue weighted by molar-refractivity contribution is 14.1. The maximum atomic E-state index is 9.36. The van der Waals surface area contributed by atoms with Gasteiger partial charge in [-0.2, -0.15) is 0 Å². The van der Waals surface area contributed by atoms with Crippen molar-refractivity contribution in [2.24, 2.45) is 0 Å². The molecule has 0 amide bonds. The molecule has 2 N–H and O–H groups in total. The zero-order chi connectivity index (χ0) is 11.6. The van der Waals surface area contributed by atoms with E-state index in [4.69, 9.17) is 0 Å². The van der Waals surface area contributed by atoms with E-state index in [1.54, 1.807) is 0 Å². The van der Waals surface area contributed by atoms with Crippen molar-refractivity contribution in [2.75, 3.05) is 6.61 Å². The Labute approximate surface area is 117 Å². The predicted octanol–water partition coefficient (Wildman–Crippen LogP) is 2.66. The van der Waals surface area contributed by atoms with Crippen molar-refractivity contribution in [3.05, 3.63) is 30.4 Å². The molecule has 0 aliphatic carbocycles. The minimum atomic E-state index is -0.306. The maximum Gasteiger partial charge on any atom is 0.0695 e. The molecule has 84 valence electrons. The Morgan fingerprint density at radius 1 is 1.20 bits per heavy atom. The lowest BCUT2D eigenvalue weighted by Crippen LogP contribution is -2.24. The van der Waals surface area contributed by atoms with Crippen LogP contribution in [0.2, 0.25) is 0 Å². The van der Waals surface area contributed by atoms with E-state index in [0.29, 0.717) is 0 Å². The molecule has 0 bridgehead atoms. The first kappa shape index (κ1) is 13.7. The number of hydrogen-bond donors (Lipinski definition) is 2. The van der Waals surface area contributed by atoms with Gasteiger partial charge in [0.25, 0.3) is 0 Å². The first-order valence-electron chi connectivity index (χ1n) is 4.62. The topological polar surface area (TPSA) is 40.5 Å². The maximum absolute atomic E-state index is 9.36. The van der Waals surface area contributed by atoms with Gasteiger partial charge in [-0.15, -0.1) is 0 Å². The Balaban J connectivity index is 3.39. The molecule has 15 heavy (non-hydrogen) atoms. The second kappa shape index (κ2) is 5.29. The molecule has 0 fully saturated rings. The van der Waals surface area contributed by atoms with Crippen LogP contribution in [0, 0.1) is 7.14 Å². The second-order valence-electron chi connectivity index (χ2n) is 4.11. The molecule has 0 saturated carbocycles. The predicted molar refractivity (Wildman–Crippen MR) is 77.9 cm³/mol. The first-order valence-corrected chi connectivity index (χ1v) is 6.78. The molecule has 1 aromatic carbocycles. The third-order valence-corrected chi connectivity index (χ3v) is 4.03. The van der Waals surface area contributed by atoms with E-state index in [1.165, 1.54) is 0 Å². The number of halogens is 2. The van der Waals surface area contributed by atoms with Gasteiger partial charge in [0.05, 0.1) is 13.2 Å². The second-order valence-corrected chi connectivity index (χ2v) is 6.52. The lowest BCUT2D eigenvalue weighted by Gasteiger charge is -2.26. The van der Waals surface area contributed by atoms with E-state index >= 15 is 0 Å². The molecule has 0 heterocycles.